The molecular formula is C18H32IN3O. The smallest absolute Gasteiger partial charge is 0.193 e. The summed E-state index contributed by atoms with van der Waals surface area (Å²) in [6, 6.07) is 8.24. The van der Waals surface area contributed by atoms with E-state index in [0.717, 1.165) is 18.5 Å². The Hall–Kier alpha value is -0.820. The minimum atomic E-state index is 0. The molecule has 1 unspecified atom stereocenters. The lowest BCUT2D eigenvalue weighted by atomic mass is 9.94. The van der Waals surface area contributed by atoms with Crippen LogP contribution in [0.1, 0.15) is 52.0 Å². The summed E-state index contributed by atoms with van der Waals surface area (Å²) in [6.45, 7) is 9.57. The number of guanidine groups is 1. The molecule has 0 saturated heterocycles. The van der Waals surface area contributed by atoms with Gasteiger partial charge in [-0.1, -0.05) is 39.8 Å². The molecule has 23 heavy (non-hydrogen) atoms. The first-order chi connectivity index (χ1) is 10.4. The summed E-state index contributed by atoms with van der Waals surface area (Å²) in [5.74, 6) is 1.91. The predicted octanol–water partition coefficient (Wildman–Crippen LogP) is 4.20. The number of rotatable bonds is 8. The molecule has 1 atom stereocenters. The second-order valence-electron chi connectivity index (χ2n) is 6.64. The fourth-order valence-electron chi connectivity index (χ4n) is 2.52. The maximum Gasteiger partial charge on any atom is 0.193 e. The van der Waals surface area contributed by atoms with E-state index in [-0.39, 0.29) is 30.6 Å². The molecule has 1 aromatic rings. The Bertz CT molecular complexity index is 475. The molecule has 5 heteroatoms. The molecule has 1 aromatic carbocycles. The Balaban J connectivity index is 0.00000484. The molecule has 0 amide bonds. The molecule has 4 N–H and O–H groups in total. The third-order valence-corrected chi connectivity index (χ3v) is 3.69. The maximum atomic E-state index is 9.14. The van der Waals surface area contributed by atoms with Crippen LogP contribution in [0, 0.1) is 11.8 Å². The van der Waals surface area contributed by atoms with Gasteiger partial charge in [0.05, 0.1) is 0 Å². The van der Waals surface area contributed by atoms with E-state index in [1.165, 1.54) is 5.56 Å². The van der Waals surface area contributed by atoms with E-state index in [9.17, 15) is 0 Å². The summed E-state index contributed by atoms with van der Waals surface area (Å²) in [4.78, 5) is 4.44. The zero-order chi connectivity index (χ0) is 16.5. The summed E-state index contributed by atoms with van der Waals surface area (Å²) in [7, 11) is 0. The van der Waals surface area contributed by atoms with Crippen LogP contribution < -0.4 is 11.1 Å². The number of anilines is 1. The van der Waals surface area contributed by atoms with Crippen molar-refractivity contribution >= 4 is 35.6 Å². The lowest BCUT2D eigenvalue weighted by molar-refractivity contribution is 0.246. The second kappa shape index (κ2) is 11.7. The van der Waals surface area contributed by atoms with Crippen LogP contribution in [0.2, 0.25) is 0 Å². The van der Waals surface area contributed by atoms with Gasteiger partial charge < -0.3 is 16.2 Å². The Morgan fingerprint density at radius 3 is 2.52 bits per heavy atom. The topological polar surface area (TPSA) is 70.6 Å². The van der Waals surface area contributed by atoms with Gasteiger partial charge in [0.25, 0.3) is 0 Å². The van der Waals surface area contributed by atoms with Crippen LogP contribution in [0.3, 0.4) is 0 Å². The van der Waals surface area contributed by atoms with Crippen LogP contribution in [-0.4, -0.2) is 24.2 Å². The van der Waals surface area contributed by atoms with Crippen molar-refractivity contribution in [2.75, 3.05) is 18.5 Å². The van der Waals surface area contributed by atoms with E-state index in [0.29, 0.717) is 30.3 Å². The number of nitrogens with one attached hydrogen (secondary N) is 1. The first-order valence-electron chi connectivity index (χ1n) is 8.20. The summed E-state index contributed by atoms with van der Waals surface area (Å²) in [5, 5.41) is 12.3. The molecule has 132 valence electrons. The SMILES string of the molecule is CC(C)CC(CCO)CN=C(N)Nc1cccc(C(C)C)c1.I. The van der Waals surface area contributed by atoms with Gasteiger partial charge in [-0.2, -0.15) is 0 Å². The van der Waals surface area contributed by atoms with Gasteiger partial charge in [-0.15, -0.1) is 24.0 Å². The molecule has 0 aromatic heterocycles. The van der Waals surface area contributed by atoms with Crippen molar-refractivity contribution in [3.05, 3.63) is 29.8 Å². The van der Waals surface area contributed by atoms with E-state index in [1.807, 2.05) is 12.1 Å². The van der Waals surface area contributed by atoms with E-state index in [2.05, 4.69) is 50.1 Å². The number of aliphatic imine (C=N–C) groups is 1. The first-order valence-corrected chi connectivity index (χ1v) is 8.20. The van der Waals surface area contributed by atoms with Gasteiger partial charge in [0.2, 0.25) is 0 Å². The van der Waals surface area contributed by atoms with Crippen molar-refractivity contribution in [1.82, 2.24) is 0 Å². The molecule has 0 aliphatic rings. The Labute approximate surface area is 158 Å². The zero-order valence-corrected chi connectivity index (χ0v) is 17.1. The average molecular weight is 433 g/mol. The number of nitrogens with two attached hydrogens (primary N) is 1. The highest BCUT2D eigenvalue weighted by Gasteiger charge is 2.10. The second-order valence-corrected chi connectivity index (χ2v) is 6.64. The van der Waals surface area contributed by atoms with Crippen LogP contribution in [0.5, 0.6) is 0 Å². The average Bonchev–Trinajstić information content (AvgIpc) is 2.44. The van der Waals surface area contributed by atoms with Gasteiger partial charge in [-0.25, -0.2) is 0 Å². The Morgan fingerprint density at radius 1 is 1.26 bits per heavy atom. The van der Waals surface area contributed by atoms with Crippen LogP contribution in [-0.2, 0) is 0 Å². The molecule has 0 aliphatic heterocycles. The quantitative estimate of drug-likeness (QED) is 0.327. The number of aliphatic hydroxyl groups excluding tert-OH is 1. The summed E-state index contributed by atoms with van der Waals surface area (Å²) in [5.41, 5.74) is 8.23. The summed E-state index contributed by atoms with van der Waals surface area (Å²) >= 11 is 0. The maximum absolute atomic E-state index is 9.14. The molecule has 0 fully saturated rings. The predicted molar refractivity (Wildman–Crippen MR) is 111 cm³/mol. The Kier molecular flexibility index (Phi) is 11.3. The van der Waals surface area contributed by atoms with Gasteiger partial charge in [-0.05, 0) is 48.3 Å². The minimum Gasteiger partial charge on any atom is -0.396 e. The van der Waals surface area contributed by atoms with Crippen molar-refractivity contribution in [2.24, 2.45) is 22.6 Å². The van der Waals surface area contributed by atoms with E-state index in [1.54, 1.807) is 0 Å². The van der Waals surface area contributed by atoms with E-state index < -0.39 is 0 Å². The molecule has 1 rings (SSSR count). The number of aliphatic hydroxyl groups is 1. The lowest BCUT2D eigenvalue weighted by Crippen LogP contribution is -2.24. The van der Waals surface area contributed by atoms with Gasteiger partial charge >= 0.3 is 0 Å². The van der Waals surface area contributed by atoms with E-state index >= 15 is 0 Å². The molecule has 0 bridgehead atoms. The summed E-state index contributed by atoms with van der Waals surface area (Å²) < 4.78 is 0. The largest absolute Gasteiger partial charge is 0.396 e. The monoisotopic (exact) mass is 433 g/mol. The molecular weight excluding hydrogens is 401 g/mol. The fraction of sp³-hybridized carbons (Fsp3) is 0.611. The van der Waals surface area contributed by atoms with Crippen LogP contribution >= 0.6 is 24.0 Å². The number of benzene rings is 1. The van der Waals surface area contributed by atoms with Crippen LogP contribution in [0.25, 0.3) is 0 Å². The third-order valence-electron chi connectivity index (χ3n) is 3.69. The molecule has 0 radical (unpaired) electrons. The van der Waals surface area contributed by atoms with Crippen molar-refractivity contribution in [3.8, 4) is 0 Å². The third kappa shape index (κ3) is 9.15. The molecule has 4 nitrogen and oxygen atoms in total. The standard InChI is InChI=1S/C18H31N3O.HI/c1-13(2)10-15(8-9-22)12-20-18(19)21-17-7-5-6-16(11-17)14(3)4;/h5-7,11,13-15,22H,8-10,12H2,1-4H3,(H3,19,20,21);1H. The molecule has 0 aliphatic carbocycles. The lowest BCUT2D eigenvalue weighted by Gasteiger charge is -2.16. The van der Waals surface area contributed by atoms with Crippen molar-refractivity contribution in [2.45, 2.75) is 46.5 Å². The molecule has 0 spiro atoms. The van der Waals surface area contributed by atoms with Gasteiger partial charge in [0, 0.05) is 18.8 Å². The van der Waals surface area contributed by atoms with E-state index in [4.69, 9.17) is 10.8 Å². The van der Waals surface area contributed by atoms with Crippen LogP contribution in [0.4, 0.5) is 5.69 Å². The van der Waals surface area contributed by atoms with Gasteiger partial charge in [0.1, 0.15) is 0 Å². The number of hydrogen-bond donors (Lipinski definition) is 3. The Morgan fingerprint density at radius 2 is 1.96 bits per heavy atom. The summed E-state index contributed by atoms with van der Waals surface area (Å²) in [6.07, 6.45) is 1.83. The number of nitrogens with zero attached hydrogens (tertiary/aromatic N) is 1. The first kappa shape index (κ1) is 22.2. The van der Waals surface area contributed by atoms with Crippen molar-refractivity contribution in [1.29, 1.82) is 0 Å². The highest BCUT2D eigenvalue weighted by molar-refractivity contribution is 14.0. The fourth-order valence-corrected chi connectivity index (χ4v) is 2.52. The normalized spacial score (nSPS) is 13.1. The highest BCUT2D eigenvalue weighted by atomic mass is 127. The number of halogens is 1. The van der Waals surface area contributed by atoms with Gasteiger partial charge in [-0.3, -0.25) is 4.99 Å². The van der Waals surface area contributed by atoms with Crippen molar-refractivity contribution < 1.29 is 5.11 Å². The number of hydrogen-bond acceptors (Lipinski definition) is 2. The van der Waals surface area contributed by atoms with Crippen LogP contribution in [0.15, 0.2) is 29.3 Å². The minimum absolute atomic E-state index is 0. The molecule has 0 saturated carbocycles. The van der Waals surface area contributed by atoms with Gasteiger partial charge in [0.15, 0.2) is 5.96 Å². The highest BCUT2D eigenvalue weighted by Crippen LogP contribution is 2.19. The van der Waals surface area contributed by atoms with Crippen molar-refractivity contribution in [3.63, 3.8) is 0 Å². The molecule has 0 heterocycles. The zero-order valence-electron chi connectivity index (χ0n) is 14.7.